The van der Waals surface area contributed by atoms with Crippen molar-refractivity contribution in [3.8, 4) is 0 Å². The summed E-state index contributed by atoms with van der Waals surface area (Å²) in [5.41, 5.74) is 4.29. The van der Waals surface area contributed by atoms with Gasteiger partial charge < -0.3 is 10.1 Å². The van der Waals surface area contributed by atoms with Crippen LogP contribution in [0.4, 0.5) is 0 Å². The molecule has 0 bridgehead atoms. The molecule has 0 aliphatic rings. The predicted molar refractivity (Wildman–Crippen MR) is 96.7 cm³/mol. The first kappa shape index (κ1) is 18.9. The average Bonchev–Trinajstić information content (AvgIpc) is 2.68. The van der Waals surface area contributed by atoms with E-state index >= 15 is 0 Å². The molecule has 0 spiro atoms. The van der Waals surface area contributed by atoms with E-state index in [9.17, 15) is 14.4 Å². The van der Waals surface area contributed by atoms with E-state index in [2.05, 4.69) is 20.6 Å². The van der Waals surface area contributed by atoms with Gasteiger partial charge in [0, 0.05) is 6.54 Å². The van der Waals surface area contributed by atoms with Crippen molar-refractivity contribution in [3.63, 3.8) is 0 Å². The summed E-state index contributed by atoms with van der Waals surface area (Å²) in [5, 5.41) is 6.25. The van der Waals surface area contributed by atoms with E-state index in [-0.39, 0.29) is 0 Å². The van der Waals surface area contributed by atoms with E-state index in [1.165, 1.54) is 13.3 Å². The number of hydrogen-bond donors (Lipinski definition) is 2. The van der Waals surface area contributed by atoms with Crippen LogP contribution in [-0.2, 0) is 20.7 Å². The molecule has 0 saturated heterocycles. The van der Waals surface area contributed by atoms with Gasteiger partial charge >= 0.3 is 17.8 Å². The van der Waals surface area contributed by atoms with Gasteiger partial charge in [-0.15, -0.1) is 0 Å². The molecule has 26 heavy (non-hydrogen) atoms. The Bertz CT molecular complexity index is 786. The van der Waals surface area contributed by atoms with Crippen LogP contribution in [0.25, 0.3) is 0 Å². The molecule has 0 unspecified atom stereocenters. The number of esters is 1. The zero-order valence-corrected chi connectivity index (χ0v) is 14.3. The topological polar surface area (TPSA) is 96.9 Å². The van der Waals surface area contributed by atoms with Gasteiger partial charge in [0.2, 0.25) is 0 Å². The lowest BCUT2D eigenvalue weighted by molar-refractivity contribution is -0.139. The van der Waals surface area contributed by atoms with Crippen molar-refractivity contribution in [1.82, 2.24) is 10.7 Å². The average molecular weight is 353 g/mol. The van der Waals surface area contributed by atoms with E-state index in [1.807, 2.05) is 30.3 Å². The lowest BCUT2D eigenvalue weighted by Crippen LogP contribution is -2.38. The largest absolute Gasteiger partial charge is 0.465 e. The molecule has 0 fully saturated rings. The number of carbonyl (C=O) groups is 3. The number of rotatable bonds is 6. The third-order valence-corrected chi connectivity index (χ3v) is 3.46. The summed E-state index contributed by atoms with van der Waals surface area (Å²) in [7, 11) is 1.30. The monoisotopic (exact) mass is 353 g/mol. The highest BCUT2D eigenvalue weighted by Gasteiger charge is 2.11. The molecule has 2 rings (SSSR count). The highest BCUT2D eigenvalue weighted by atomic mass is 16.5. The Morgan fingerprint density at radius 3 is 2.35 bits per heavy atom. The number of carbonyl (C=O) groups excluding carboxylic acids is 3. The maximum atomic E-state index is 11.7. The normalized spacial score (nSPS) is 10.3. The number of amides is 2. The van der Waals surface area contributed by atoms with E-state index in [1.54, 1.807) is 24.3 Å². The van der Waals surface area contributed by atoms with Gasteiger partial charge in [0.15, 0.2) is 0 Å². The minimum Gasteiger partial charge on any atom is -0.465 e. The van der Waals surface area contributed by atoms with E-state index in [0.717, 1.165) is 5.56 Å². The molecule has 2 aromatic rings. The Morgan fingerprint density at radius 2 is 1.69 bits per heavy atom. The number of methoxy groups -OCH3 is 1. The molecule has 0 saturated carbocycles. The highest BCUT2D eigenvalue weighted by Crippen LogP contribution is 2.03. The molecule has 0 aliphatic heterocycles. The summed E-state index contributed by atoms with van der Waals surface area (Å²) in [6.45, 7) is 0.356. The molecule has 7 heteroatoms. The molecule has 0 atom stereocenters. The van der Waals surface area contributed by atoms with Crippen LogP contribution in [0.2, 0.25) is 0 Å². The van der Waals surface area contributed by atoms with Gasteiger partial charge in [-0.3, -0.25) is 9.59 Å². The first-order chi connectivity index (χ1) is 12.6. The van der Waals surface area contributed by atoms with Gasteiger partial charge in [-0.1, -0.05) is 42.5 Å². The van der Waals surface area contributed by atoms with Crippen LogP contribution in [-0.4, -0.2) is 37.7 Å². The first-order valence-corrected chi connectivity index (χ1v) is 7.93. The molecule has 0 aliphatic carbocycles. The van der Waals surface area contributed by atoms with Crippen LogP contribution in [0.15, 0.2) is 59.7 Å². The number of benzene rings is 2. The Balaban J connectivity index is 1.75. The third kappa shape index (κ3) is 5.86. The molecule has 2 amide bonds. The van der Waals surface area contributed by atoms with Crippen LogP contribution < -0.4 is 10.7 Å². The Kier molecular flexibility index (Phi) is 7.05. The SMILES string of the molecule is COC(=O)c1ccc(C=NNC(=O)C(=O)NCCc2ccccc2)cc1. The summed E-state index contributed by atoms with van der Waals surface area (Å²) >= 11 is 0. The number of hydrogen-bond acceptors (Lipinski definition) is 5. The van der Waals surface area contributed by atoms with Gasteiger partial charge in [-0.25, -0.2) is 10.2 Å². The lowest BCUT2D eigenvalue weighted by Gasteiger charge is -2.04. The predicted octanol–water partition coefficient (Wildman–Crippen LogP) is 1.28. The van der Waals surface area contributed by atoms with Gasteiger partial charge in [0.25, 0.3) is 0 Å². The lowest BCUT2D eigenvalue weighted by atomic mass is 10.1. The fraction of sp³-hybridized carbons (Fsp3) is 0.158. The maximum Gasteiger partial charge on any atom is 0.337 e. The molecule has 2 N–H and O–H groups in total. The molecule has 0 radical (unpaired) electrons. The van der Waals surface area contributed by atoms with Crippen LogP contribution in [0, 0.1) is 0 Å². The van der Waals surface area contributed by atoms with Crippen molar-refractivity contribution < 1.29 is 19.1 Å². The minimum atomic E-state index is -0.847. The zero-order chi connectivity index (χ0) is 18.8. The quantitative estimate of drug-likeness (QED) is 0.354. The van der Waals surface area contributed by atoms with Crippen molar-refractivity contribution in [2.75, 3.05) is 13.7 Å². The third-order valence-electron chi connectivity index (χ3n) is 3.46. The highest BCUT2D eigenvalue weighted by molar-refractivity contribution is 6.35. The second-order valence-electron chi connectivity index (χ2n) is 5.30. The number of hydrazone groups is 1. The molecule has 2 aromatic carbocycles. The molecular weight excluding hydrogens is 334 g/mol. The fourth-order valence-corrected chi connectivity index (χ4v) is 2.08. The van der Waals surface area contributed by atoms with Crippen molar-refractivity contribution >= 4 is 24.0 Å². The van der Waals surface area contributed by atoms with Gasteiger partial charge in [-0.05, 0) is 29.7 Å². The first-order valence-electron chi connectivity index (χ1n) is 7.93. The maximum absolute atomic E-state index is 11.7. The summed E-state index contributed by atoms with van der Waals surface area (Å²) in [6, 6.07) is 16.1. The Hall–Kier alpha value is -3.48. The van der Waals surface area contributed by atoms with Gasteiger partial charge in [-0.2, -0.15) is 5.10 Å². The van der Waals surface area contributed by atoms with Crippen LogP contribution in [0.3, 0.4) is 0 Å². The smallest absolute Gasteiger partial charge is 0.337 e. The van der Waals surface area contributed by atoms with Gasteiger partial charge in [0.1, 0.15) is 0 Å². The Labute approximate surface area is 151 Å². The minimum absolute atomic E-state index is 0.356. The number of ether oxygens (including phenoxy) is 1. The van der Waals surface area contributed by atoms with Crippen molar-refractivity contribution in [1.29, 1.82) is 0 Å². The van der Waals surface area contributed by atoms with Crippen molar-refractivity contribution in [2.24, 2.45) is 5.10 Å². The van der Waals surface area contributed by atoms with Crippen LogP contribution in [0.1, 0.15) is 21.5 Å². The van der Waals surface area contributed by atoms with Crippen LogP contribution in [0.5, 0.6) is 0 Å². The second-order valence-corrected chi connectivity index (χ2v) is 5.30. The summed E-state index contributed by atoms with van der Waals surface area (Å²) in [4.78, 5) is 34.7. The summed E-state index contributed by atoms with van der Waals surface area (Å²) in [5.74, 6) is -2.03. The van der Waals surface area contributed by atoms with Crippen LogP contribution >= 0.6 is 0 Å². The van der Waals surface area contributed by atoms with Crippen molar-refractivity contribution in [2.45, 2.75) is 6.42 Å². The number of nitrogens with zero attached hydrogens (tertiary/aromatic N) is 1. The fourth-order valence-electron chi connectivity index (χ4n) is 2.08. The standard InChI is InChI=1S/C19H19N3O4/c1-26-19(25)16-9-7-15(8-10-16)13-21-22-18(24)17(23)20-12-11-14-5-3-2-4-6-14/h2-10,13H,11-12H2,1H3,(H,20,23)(H,22,24). The summed E-state index contributed by atoms with van der Waals surface area (Å²) in [6.07, 6.45) is 2.01. The molecule has 7 nitrogen and oxygen atoms in total. The Morgan fingerprint density at radius 1 is 1.00 bits per heavy atom. The summed E-state index contributed by atoms with van der Waals surface area (Å²) < 4.78 is 4.60. The van der Waals surface area contributed by atoms with E-state index < -0.39 is 17.8 Å². The molecular formula is C19H19N3O4. The van der Waals surface area contributed by atoms with E-state index in [0.29, 0.717) is 24.1 Å². The molecule has 0 heterocycles. The van der Waals surface area contributed by atoms with Crippen molar-refractivity contribution in [3.05, 3.63) is 71.3 Å². The number of nitrogens with one attached hydrogen (secondary N) is 2. The molecule has 0 aromatic heterocycles. The van der Waals surface area contributed by atoms with E-state index in [4.69, 9.17) is 0 Å². The van der Waals surface area contributed by atoms with Gasteiger partial charge in [0.05, 0.1) is 18.9 Å². The second kappa shape index (κ2) is 9.73. The molecule has 134 valence electrons. The zero-order valence-electron chi connectivity index (χ0n) is 14.3.